The third-order valence-electron chi connectivity index (χ3n) is 2.27. The molecule has 0 saturated heterocycles. The van der Waals surface area contributed by atoms with E-state index in [1.165, 1.54) is 12.5 Å². The zero-order chi connectivity index (χ0) is 19.3. The van der Waals surface area contributed by atoms with E-state index in [0.717, 1.165) is 11.3 Å². The Hall–Kier alpha value is -2.61. The Morgan fingerprint density at radius 1 is 0.960 bits per heavy atom. The van der Waals surface area contributed by atoms with Gasteiger partial charge in [-0.1, -0.05) is 88.7 Å². The van der Waals surface area contributed by atoms with Crippen LogP contribution in [0.3, 0.4) is 0 Å². The summed E-state index contributed by atoms with van der Waals surface area (Å²) in [6.07, 6.45) is 6.32. The lowest BCUT2D eigenvalue weighted by Crippen LogP contribution is -2.07. The van der Waals surface area contributed by atoms with E-state index in [1.807, 2.05) is 81.4 Å². The zero-order valence-electron chi connectivity index (χ0n) is 16.3. The molecule has 2 aromatic rings. The first-order valence-electron chi connectivity index (χ1n) is 8.84. The van der Waals surface area contributed by atoms with Gasteiger partial charge in [-0.15, -0.1) is 6.58 Å². The van der Waals surface area contributed by atoms with Gasteiger partial charge in [-0.25, -0.2) is 0 Å². The molecule has 2 heteroatoms. The van der Waals surface area contributed by atoms with Crippen molar-refractivity contribution in [3.8, 4) is 0 Å². The van der Waals surface area contributed by atoms with E-state index in [-0.39, 0.29) is 5.91 Å². The molecule has 0 aliphatic carbocycles. The smallest absolute Gasteiger partial charge is 0.248 e. The number of carbonyl (C=O) groups is 1. The fourth-order valence-corrected chi connectivity index (χ4v) is 1.44. The number of rotatable bonds is 3. The van der Waals surface area contributed by atoms with Crippen molar-refractivity contribution in [2.75, 3.05) is 5.32 Å². The van der Waals surface area contributed by atoms with Crippen LogP contribution in [0.2, 0.25) is 0 Å². The molecule has 0 atom stereocenters. The van der Waals surface area contributed by atoms with E-state index in [4.69, 9.17) is 0 Å². The number of allylic oxidation sites excluding steroid dienone is 1. The SMILES string of the molecule is C=CC.CC.CCC.O=C(/C=C/c1ccccc1)Nc1ccccc1. The molecule has 0 spiro atoms. The van der Waals surface area contributed by atoms with Crippen LogP contribution in [0.25, 0.3) is 6.08 Å². The number of benzene rings is 2. The van der Waals surface area contributed by atoms with E-state index in [0.29, 0.717) is 0 Å². The van der Waals surface area contributed by atoms with Crippen molar-refractivity contribution in [3.05, 3.63) is 85.0 Å². The number of hydrogen-bond acceptors (Lipinski definition) is 1. The molecule has 25 heavy (non-hydrogen) atoms. The summed E-state index contributed by atoms with van der Waals surface area (Å²) < 4.78 is 0. The second-order valence-corrected chi connectivity index (χ2v) is 4.71. The minimum atomic E-state index is -0.125. The molecule has 0 saturated carbocycles. The number of para-hydroxylation sites is 1. The standard InChI is InChI=1S/C15H13NO.C3H8.C3H6.C2H6/c17-15(16-14-9-5-2-6-10-14)12-11-13-7-3-1-4-8-13;2*1-3-2;1-2/h1-12H,(H,16,17);3H2,1-2H3;3H,1H2,2H3;1-2H3/b12-11+;;;. The van der Waals surface area contributed by atoms with Gasteiger partial charge in [0.05, 0.1) is 0 Å². The molecule has 2 aromatic carbocycles. The van der Waals surface area contributed by atoms with E-state index in [2.05, 4.69) is 25.7 Å². The van der Waals surface area contributed by atoms with E-state index < -0.39 is 0 Å². The lowest BCUT2D eigenvalue weighted by molar-refractivity contribution is -0.111. The molecule has 136 valence electrons. The summed E-state index contributed by atoms with van der Waals surface area (Å²) in [4.78, 5) is 11.6. The van der Waals surface area contributed by atoms with Crippen molar-refractivity contribution in [2.45, 2.75) is 41.0 Å². The molecule has 0 aliphatic heterocycles. The number of nitrogens with one attached hydrogen (secondary N) is 1. The van der Waals surface area contributed by atoms with Crippen molar-refractivity contribution < 1.29 is 4.79 Å². The molecule has 2 nitrogen and oxygen atoms in total. The molecule has 0 aromatic heterocycles. The van der Waals surface area contributed by atoms with Crippen molar-refractivity contribution in [2.24, 2.45) is 0 Å². The van der Waals surface area contributed by atoms with Crippen molar-refractivity contribution in [1.29, 1.82) is 0 Å². The fourth-order valence-electron chi connectivity index (χ4n) is 1.44. The molecule has 0 aliphatic rings. The van der Waals surface area contributed by atoms with Crippen LogP contribution >= 0.6 is 0 Å². The third-order valence-corrected chi connectivity index (χ3v) is 2.27. The highest BCUT2D eigenvalue weighted by molar-refractivity contribution is 6.01. The van der Waals surface area contributed by atoms with E-state index in [1.54, 1.807) is 12.2 Å². The highest BCUT2D eigenvalue weighted by Crippen LogP contribution is 2.06. The Labute approximate surface area is 154 Å². The summed E-state index contributed by atoms with van der Waals surface area (Å²) in [6, 6.07) is 19.1. The van der Waals surface area contributed by atoms with Crippen molar-refractivity contribution in [1.82, 2.24) is 0 Å². The number of anilines is 1. The van der Waals surface area contributed by atoms with Crippen molar-refractivity contribution >= 4 is 17.7 Å². The first kappa shape index (κ1) is 24.6. The number of hydrogen-bond donors (Lipinski definition) is 1. The van der Waals surface area contributed by atoms with Crippen LogP contribution < -0.4 is 5.32 Å². The Morgan fingerprint density at radius 3 is 1.80 bits per heavy atom. The molecule has 0 bridgehead atoms. The minimum absolute atomic E-state index is 0.125. The second-order valence-electron chi connectivity index (χ2n) is 4.71. The van der Waals surface area contributed by atoms with Gasteiger partial charge in [-0.05, 0) is 30.7 Å². The molecule has 2 rings (SSSR count). The predicted molar refractivity (Wildman–Crippen MR) is 114 cm³/mol. The maximum Gasteiger partial charge on any atom is 0.248 e. The average Bonchev–Trinajstić information content (AvgIpc) is 2.65. The molecule has 0 heterocycles. The normalized spacial score (nSPS) is 8.52. The van der Waals surface area contributed by atoms with Crippen LogP contribution in [0.4, 0.5) is 5.69 Å². The van der Waals surface area contributed by atoms with Gasteiger partial charge in [0.15, 0.2) is 0 Å². The summed E-state index contributed by atoms with van der Waals surface area (Å²) in [5.41, 5.74) is 1.81. The number of amides is 1. The molecular formula is C23H33NO. The van der Waals surface area contributed by atoms with Gasteiger partial charge < -0.3 is 5.32 Å². The van der Waals surface area contributed by atoms with Gasteiger partial charge in [0.2, 0.25) is 5.91 Å². The van der Waals surface area contributed by atoms with Crippen LogP contribution in [-0.4, -0.2) is 5.91 Å². The Bertz CT molecular complexity index is 559. The van der Waals surface area contributed by atoms with Gasteiger partial charge in [-0.2, -0.15) is 0 Å². The highest BCUT2D eigenvalue weighted by Gasteiger charge is 1.95. The summed E-state index contributed by atoms with van der Waals surface area (Å²) in [7, 11) is 0. The van der Waals surface area contributed by atoms with Gasteiger partial charge >= 0.3 is 0 Å². The molecule has 0 unspecified atom stereocenters. The minimum Gasteiger partial charge on any atom is -0.323 e. The monoisotopic (exact) mass is 339 g/mol. The average molecular weight is 340 g/mol. The second kappa shape index (κ2) is 19.4. The Morgan fingerprint density at radius 2 is 1.36 bits per heavy atom. The van der Waals surface area contributed by atoms with Gasteiger partial charge in [0, 0.05) is 11.8 Å². The van der Waals surface area contributed by atoms with Crippen LogP contribution in [-0.2, 0) is 4.79 Å². The van der Waals surface area contributed by atoms with Crippen LogP contribution in [0.1, 0.15) is 46.6 Å². The molecule has 1 N–H and O–H groups in total. The van der Waals surface area contributed by atoms with Gasteiger partial charge in [-0.3, -0.25) is 4.79 Å². The summed E-state index contributed by atoms with van der Waals surface area (Å²) >= 11 is 0. The first-order valence-corrected chi connectivity index (χ1v) is 8.84. The van der Waals surface area contributed by atoms with Gasteiger partial charge in [0.25, 0.3) is 0 Å². The first-order chi connectivity index (χ1) is 12.2. The van der Waals surface area contributed by atoms with Crippen molar-refractivity contribution in [3.63, 3.8) is 0 Å². The Kier molecular flexibility index (Phi) is 19.2. The third kappa shape index (κ3) is 16.0. The zero-order valence-corrected chi connectivity index (χ0v) is 16.3. The maximum atomic E-state index is 11.6. The summed E-state index contributed by atoms with van der Waals surface area (Å²) in [6.45, 7) is 13.5. The lowest BCUT2D eigenvalue weighted by Gasteiger charge is -2.00. The van der Waals surface area contributed by atoms with Crippen LogP contribution in [0, 0.1) is 0 Å². The summed E-state index contributed by atoms with van der Waals surface area (Å²) in [5.74, 6) is -0.125. The fraction of sp³-hybridized carbons (Fsp3) is 0.261. The highest BCUT2D eigenvalue weighted by atomic mass is 16.1. The molecular weight excluding hydrogens is 306 g/mol. The van der Waals surface area contributed by atoms with E-state index >= 15 is 0 Å². The van der Waals surface area contributed by atoms with Crippen LogP contribution in [0.5, 0.6) is 0 Å². The Balaban J connectivity index is 0. The molecule has 0 fully saturated rings. The predicted octanol–water partition coefficient (Wildman–Crippen LogP) is 6.97. The maximum absolute atomic E-state index is 11.6. The topological polar surface area (TPSA) is 29.1 Å². The largest absolute Gasteiger partial charge is 0.323 e. The quantitative estimate of drug-likeness (QED) is 0.474. The van der Waals surface area contributed by atoms with E-state index in [9.17, 15) is 4.79 Å². The molecule has 1 amide bonds. The summed E-state index contributed by atoms with van der Waals surface area (Å²) in [5, 5.41) is 2.79. The van der Waals surface area contributed by atoms with Crippen LogP contribution in [0.15, 0.2) is 79.4 Å². The molecule has 0 radical (unpaired) electrons. The number of carbonyl (C=O) groups excluding carboxylic acids is 1. The van der Waals surface area contributed by atoms with Gasteiger partial charge in [0.1, 0.15) is 0 Å². The lowest BCUT2D eigenvalue weighted by atomic mass is 10.2.